The first kappa shape index (κ1) is 14.3. The van der Waals surface area contributed by atoms with Gasteiger partial charge in [0.15, 0.2) is 0 Å². The molecule has 1 N–H and O–H groups in total. The summed E-state index contributed by atoms with van der Waals surface area (Å²) in [7, 11) is 0. The number of aromatic nitrogens is 1. The third kappa shape index (κ3) is 2.70. The van der Waals surface area contributed by atoms with Gasteiger partial charge in [0.25, 0.3) is 5.69 Å². The van der Waals surface area contributed by atoms with Crippen LogP contribution in [0, 0.1) is 27.4 Å². The number of pyridine rings is 1. The van der Waals surface area contributed by atoms with Crippen LogP contribution in [0.2, 0.25) is 0 Å². The number of benzene rings is 1. The summed E-state index contributed by atoms with van der Waals surface area (Å²) in [5.41, 5.74) is 0.969. The summed E-state index contributed by atoms with van der Waals surface area (Å²) in [4.78, 5) is 14.9. The van der Waals surface area contributed by atoms with Crippen molar-refractivity contribution in [2.75, 3.05) is 5.32 Å². The second kappa shape index (κ2) is 5.60. The monoisotopic (exact) mass is 296 g/mol. The highest BCUT2D eigenvalue weighted by molar-refractivity contribution is 5.88. The fraction of sp³-hybridized carbons (Fsp3) is 0.375. The number of rotatable bonds is 3. The van der Waals surface area contributed by atoms with Crippen molar-refractivity contribution in [3.63, 3.8) is 0 Å². The molecule has 22 heavy (non-hydrogen) atoms. The maximum Gasteiger partial charge on any atom is 0.270 e. The highest BCUT2D eigenvalue weighted by Crippen LogP contribution is 2.29. The molecule has 3 rings (SSSR count). The molecule has 0 amide bonds. The van der Waals surface area contributed by atoms with Gasteiger partial charge in [0.1, 0.15) is 5.82 Å². The lowest BCUT2D eigenvalue weighted by Gasteiger charge is -2.14. The molecule has 0 aliphatic heterocycles. The summed E-state index contributed by atoms with van der Waals surface area (Å²) in [6.45, 7) is 2.23. The Hall–Kier alpha value is -2.68. The zero-order valence-corrected chi connectivity index (χ0v) is 12.2. The van der Waals surface area contributed by atoms with E-state index >= 15 is 0 Å². The number of hydrogen-bond acceptors (Lipinski definition) is 5. The molecular formula is C16H16N4O2. The van der Waals surface area contributed by atoms with Crippen LogP contribution < -0.4 is 5.32 Å². The molecule has 6 heteroatoms. The van der Waals surface area contributed by atoms with Gasteiger partial charge in [0.2, 0.25) is 0 Å². The lowest BCUT2D eigenvalue weighted by Crippen LogP contribution is -2.16. The molecule has 1 heterocycles. The van der Waals surface area contributed by atoms with Crippen molar-refractivity contribution in [1.82, 2.24) is 4.98 Å². The lowest BCUT2D eigenvalue weighted by molar-refractivity contribution is -0.384. The van der Waals surface area contributed by atoms with Crippen molar-refractivity contribution in [3.8, 4) is 6.07 Å². The molecule has 2 atom stereocenters. The van der Waals surface area contributed by atoms with E-state index in [9.17, 15) is 15.4 Å². The molecular weight excluding hydrogens is 280 g/mol. The SMILES string of the molecule is CC1CCC(Nc2cc(C#N)c3cc([N+](=O)[O-])ccc3n2)C1. The molecule has 2 aromatic rings. The number of nitrogens with one attached hydrogen (secondary N) is 1. The zero-order chi connectivity index (χ0) is 15.7. The van der Waals surface area contributed by atoms with Crippen LogP contribution in [0.1, 0.15) is 31.7 Å². The van der Waals surface area contributed by atoms with E-state index in [4.69, 9.17) is 0 Å². The average molecular weight is 296 g/mol. The standard InChI is InChI=1S/C16H16N4O2/c1-10-2-3-12(6-10)18-16-7-11(9-17)14-8-13(20(21)22)4-5-15(14)19-16/h4-5,7-8,10,12H,2-3,6H2,1H3,(H,18,19). The van der Waals surface area contributed by atoms with Crippen molar-refractivity contribution in [3.05, 3.63) is 39.9 Å². The number of nitro benzene ring substituents is 1. The van der Waals surface area contributed by atoms with Crippen LogP contribution in [0.25, 0.3) is 10.9 Å². The Balaban J connectivity index is 1.98. The minimum Gasteiger partial charge on any atom is -0.367 e. The van der Waals surface area contributed by atoms with Crippen LogP contribution in [-0.4, -0.2) is 15.9 Å². The molecule has 0 spiro atoms. The van der Waals surface area contributed by atoms with Crippen molar-refractivity contribution in [2.45, 2.75) is 32.2 Å². The Bertz CT molecular complexity index is 782. The molecule has 1 fully saturated rings. The fourth-order valence-electron chi connectivity index (χ4n) is 3.04. The predicted octanol–water partition coefficient (Wildman–Crippen LogP) is 3.62. The molecule has 1 aliphatic rings. The van der Waals surface area contributed by atoms with Crippen LogP contribution >= 0.6 is 0 Å². The van der Waals surface area contributed by atoms with Gasteiger partial charge in [0, 0.05) is 23.6 Å². The Morgan fingerprint density at radius 2 is 2.23 bits per heavy atom. The van der Waals surface area contributed by atoms with Gasteiger partial charge in [-0.15, -0.1) is 0 Å². The lowest BCUT2D eigenvalue weighted by atomic mass is 10.1. The van der Waals surface area contributed by atoms with E-state index in [-0.39, 0.29) is 5.69 Å². The highest BCUT2D eigenvalue weighted by atomic mass is 16.6. The average Bonchev–Trinajstić information content (AvgIpc) is 2.90. The van der Waals surface area contributed by atoms with E-state index in [2.05, 4.69) is 23.3 Å². The van der Waals surface area contributed by atoms with Gasteiger partial charge >= 0.3 is 0 Å². The van der Waals surface area contributed by atoms with E-state index in [1.165, 1.54) is 18.6 Å². The molecule has 1 saturated carbocycles. The summed E-state index contributed by atoms with van der Waals surface area (Å²) < 4.78 is 0. The maximum atomic E-state index is 10.9. The molecule has 0 saturated heterocycles. The van der Waals surface area contributed by atoms with Crippen LogP contribution in [0.15, 0.2) is 24.3 Å². The topological polar surface area (TPSA) is 91.8 Å². The van der Waals surface area contributed by atoms with Crippen LogP contribution in [-0.2, 0) is 0 Å². The first-order valence-corrected chi connectivity index (χ1v) is 7.32. The Kier molecular flexibility index (Phi) is 3.63. The number of nitro groups is 1. The normalized spacial score (nSPS) is 20.7. The molecule has 112 valence electrons. The van der Waals surface area contributed by atoms with Gasteiger partial charge in [-0.25, -0.2) is 4.98 Å². The van der Waals surface area contributed by atoms with Gasteiger partial charge in [0.05, 0.1) is 22.1 Å². The second-order valence-corrected chi connectivity index (χ2v) is 5.88. The highest BCUT2D eigenvalue weighted by Gasteiger charge is 2.22. The molecule has 6 nitrogen and oxygen atoms in total. The summed E-state index contributed by atoms with van der Waals surface area (Å²) in [5, 5.41) is 24.1. The summed E-state index contributed by atoms with van der Waals surface area (Å²) >= 11 is 0. The molecule has 1 aliphatic carbocycles. The van der Waals surface area contributed by atoms with E-state index in [0.717, 1.165) is 12.8 Å². The van der Waals surface area contributed by atoms with Crippen molar-refractivity contribution < 1.29 is 4.92 Å². The minimum atomic E-state index is -0.466. The quantitative estimate of drug-likeness (QED) is 0.690. The maximum absolute atomic E-state index is 10.9. The van der Waals surface area contributed by atoms with Crippen LogP contribution in [0.4, 0.5) is 11.5 Å². The van der Waals surface area contributed by atoms with Gasteiger partial charge in [-0.05, 0) is 37.3 Å². The molecule has 1 aromatic carbocycles. The van der Waals surface area contributed by atoms with E-state index in [1.54, 1.807) is 12.1 Å². The predicted molar refractivity (Wildman–Crippen MR) is 83.5 cm³/mol. The molecule has 0 radical (unpaired) electrons. The van der Waals surface area contributed by atoms with Crippen molar-refractivity contribution >= 4 is 22.4 Å². The molecule has 1 aromatic heterocycles. The number of nitriles is 1. The number of fused-ring (bicyclic) bond motifs is 1. The van der Waals surface area contributed by atoms with Gasteiger partial charge in [-0.2, -0.15) is 5.26 Å². The number of non-ortho nitro benzene ring substituents is 1. The zero-order valence-electron chi connectivity index (χ0n) is 12.2. The smallest absolute Gasteiger partial charge is 0.270 e. The molecule has 0 bridgehead atoms. The van der Waals surface area contributed by atoms with E-state index < -0.39 is 4.92 Å². The molecule has 2 unspecified atom stereocenters. The van der Waals surface area contributed by atoms with Gasteiger partial charge in [-0.1, -0.05) is 6.92 Å². The van der Waals surface area contributed by atoms with E-state index in [1.807, 2.05) is 0 Å². The van der Waals surface area contributed by atoms with Gasteiger partial charge < -0.3 is 5.32 Å². The number of nitrogens with zero attached hydrogens (tertiary/aromatic N) is 3. The largest absolute Gasteiger partial charge is 0.367 e. The Labute approximate surface area is 127 Å². The summed E-state index contributed by atoms with van der Waals surface area (Å²) in [5.74, 6) is 1.37. The first-order valence-electron chi connectivity index (χ1n) is 7.32. The number of hydrogen-bond donors (Lipinski definition) is 1. The van der Waals surface area contributed by atoms with Crippen molar-refractivity contribution in [1.29, 1.82) is 5.26 Å². The summed E-state index contributed by atoms with van der Waals surface area (Å²) in [6, 6.07) is 8.58. The Morgan fingerprint density at radius 3 is 2.86 bits per heavy atom. The van der Waals surface area contributed by atoms with Crippen LogP contribution in [0.5, 0.6) is 0 Å². The second-order valence-electron chi connectivity index (χ2n) is 5.88. The van der Waals surface area contributed by atoms with Crippen molar-refractivity contribution in [2.24, 2.45) is 5.92 Å². The fourth-order valence-corrected chi connectivity index (χ4v) is 3.04. The van der Waals surface area contributed by atoms with E-state index in [0.29, 0.717) is 34.2 Å². The summed E-state index contributed by atoms with van der Waals surface area (Å²) in [6.07, 6.45) is 3.40. The third-order valence-corrected chi connectivity index (χ3v) is 4.17. The van der Waals surface area contributed by atoms with Crippen LogP contribution in [0.3, 0.4) is 0 Å². The third-order valence-electron chi connectivity index (χ3n) is 4.17. The minimum absolute atomic E-state index is 0.0314. The number of anilines is 1. The first-order chi connectivity index (χ1) is 10.6. The van der Waals surface area contributed by atoms with Gasteiger partial charge in [-0.3, -0.25) is 10.1 Å². The Morgan fingerprint density at radius 1 is 1.41 bits per heavy atom.